The third kappa shape index (κ3) is 3.66. The van der Waals surface area contributed by atoms with Crippen molar-refractivity contribution in [1.29, 1.82) is 0 Å². The van der Waals surface area contributed by atoms with E-state index in [1.807, 2.05) is 0 Å². The minimum atomic E-state index is -0.646. The maximum atomic E-state index is 10.7. The molecule has 0 aromatic heterocycles. The van der Waals surface area contributed by atoms with Gasteiger partial charge < -0.3 is 9.84 Å². The molecule has 82 valence electrons. The zero-order valence-electron chi connectivity index (χ0n) is 9.03. The van der Waals surface area contributed by atoms with Crippen LogP contribution in [0.2, 0.25) is 0 Å². The fourth-order valence-corrected chi connectivity index (χ4v) is 1.80. The second-order valence-electron chi connectivity index (χ2n) is 4.54. The first-order valence-corrected chi connectivity index (χ1v) is 5.44. The molecule has 1 fully saturated rings. The van der Waals surface area contributed by atoms with Gasteiger partial charge in [0.15, 0.2) is 0 Å². The van der Waals surface area contributed by atoms with E-state index in [4.69, 9.17) is 9.84 Å². The Balaban J connectivity index is 2.19. The highest BCUT2D eigenvalue weighted by Crippen LogP contribution is 2.26. The highest BCUT2D eigenvalue weighted by molar-refractivity contribution is 5.69. The molecule has 0 aromatic rings. The molecule has 1 aliphatic carbocycles. The maximum absolute atomic E-state index is 10.7. The lowest BCUT2D eigenvalue weighted by Crippen LogP contribution is -2.26. The Bertz CT molecular complexity index is 181. The van der Waals surface area contributed by atoms with Crippen molar-refractivity contribution < 1.29 is 14.6 Å². The minimum absolute atomic E-state index is 0.131. The van der Waals surface area contributed by atoms with Gasteiger partial charge in [0.05, 0.1) is 12.0 Å². The van der Waals surface area contributed by atoms with Crippen LogP contribution in [0.15, 0.2) is 0 Å². The SMILES string of the molecule is CC(C)COC1CCC(C(=O)O)CC1. The first-order valence-electron chi connectivity index (χ1n) is 5.44. The van der Waals surface area contributed by atoms with Crippen molar-refractivity contribution in [1.82, 2.24) is 0 Å². The van der Waals surface area contributed by atoms with Crippen molar-refractivity contribution in [3.05, 3.63) is 0 Å². The van der Waals surface area contributed by atoms with Crippen LogP contribution >= 0.6 is 0 Å². The van der Waals surface area contributed by atoms with E-state index in [-0.39, 0.29) is 5.92 Å². The molecule has 0 bridgehead atoms. The fourth-order valence-electron chi connectivity index (χ4n) is 1.80. The van der Waals surface area contributed by atoms with Gasteiger partial charge in [-0.05, 0) is 31.6 Å². The molecule has 1 rings (SSSR count). The number of ether oxygens (including phenoxy) is 1. The topological polar surface area (TPSA) is 46.5 Å². The first-order chi connectivity index (χ1) is 6.59. The van der Waals surface area contributed by atoms with Gasteiger partial charge in [-0.3, -0.25) is 4.79 Å². The van der Waals surface area contributed by atoms with E-state index in [1.54, 1.807) is 0 Å². The molecule has 14 heavy (non-hydrogen) atoms. The molecule has 0 atom stereocenters. The summed E-state index contributed by atoms with van der Waals surface area (Å²) < 4.78 is 5.68. The van der Waals surface area contributed by atoms with Crippen molar-refractivity contribution in [2.24, 2.45) is 11.8 Å². The molecule has 0 saturated heterocycles. The molecular weight excluding hydrogens is 180 g/mol. The second-order valence-corrected chi connectivity index (χ2v) is 4.54. The Morgan fingerprint density at radius 1 is 1.36 bits per heavy atom. The van der Waals surface area contributed by atoms with E-state index in [0.29, 0.717) is 12.0 Å². The van der Waals surface area contributed by atoms with Crippen molar-refractivity contribution in [2.45, 2.75) is 45.6 Å². The normalized spacial score (nSPS) is 27.9. The van der Waals surface area contributed by atoms with E-state index < -0.39 is 5.97 Å². The largest absolute Gasteiger partial charge is 0.481 e. The number of carbonyl (C=O) groups is 1. The van der Waals surface area contributed by atoms with Gasteiger partial charge in [-0.15, -0.1) is 0 Å². The van der Waals surface area contributed by atoms with Gasteiger partial charge in [-0.1, -0.05) is 13.8 Å². The molecule has 0 aliphatic heterocycles. The van der Waals surface area contributed by atoms with Gasteiger partial charge in [0.1, 0.15) is 0 Å². The number of hydrogen-bond acceptors (Lipinski definition) is 2. The quantitative estimate of drug-likeness (QED) is 0.757. The van der Waals surface area contributed by atoms with Crippen LogP contribution in [0.4, 0.5) is 0 Å². The van der Waals surface area contributed by atoms with Crippen LogP contribution in [-0.4, -0.2) is 23.8 Å². The Hall–Kier alpha value is -0.570. The molecule has 0 radical (unpaired) electrons. The Kier molecular flexibility index (Phi) is 4.39. The summed E-state index contributed by atoms with van der Waals surface area (Å²) in [6.45, 7) is 5.05. The van der Waals surface area contributed by atoms with Crippen LogP contribution in [0.3, 0.4) is 0 Å². The van der Waals surface area contributed by atoms with Crippen LogP contribution in [-0.2, 0) is 9.53 Å². The predicted octanol–water partition coefficient (Wildman–Crippen LogP) is 2.30. The molecule has 0 heterocycles. The molecule has 0 unspecified atom stereocenters. The highest BCUT2D eigenvalue weighted by Gasteiger charge is 2.26. The van der Waals surface area contributed by atoms with Crippen LogP contribution in [0.5, 0.6) is 0 Å². The molecule has 3 nitrogen and oxygen atoms in total. The van der Waals surface area contributed by atoms with E-state index in [2.05, 4.69) is 13.8 Å². The number of hydrogen-bond donors (Lipinski definition) is 1. The summed E-state index contributed by atoms with van der Waals surface area (Å²) in [4.78, 5) is 10.7. The molecule has 1 aliphatic rings. The van der Waals surface area contributed by atoms with Crippen molar-refractivity contribution in [3.8, 4) is 0 Å². The summed E-state index contributed by atoms with van der Waals surface area (Å²) in [7, 11) is 0. The molecule has 1 saturated carbocycles. The van der Waals surface area contributed by atoms with Gasteiger partial charge in [-0.2, -0.15) is 0 Å². The summed E-state index contributed by atoms with van der Waals surface area (Å²) in [6, 6.07) is 0. The van der Waals surface area contributed by atoms with Crippen molar-refractivity contribution >= 4 is 5.97 Å². The first kappa shape index (κ1) is 11.5. The molecule has 0 aromatic carbocycles. The van der Waals surface area contributed by atoms with Gasteiger partial charge in [-0.25, -0.2) is 0 Å². The van der Waals surface area contributed by atoms with Gasteiger partial charge in [0.25, 0.3) is 0 Å². The zero-order valence-corrected chi connectivity index (χ0v) is 9.03. The number of carboxylic acid groups (broad SMARTS) is 1. The standard InChI is InChI=1S/C11H20O3/c1-8(2)7-14-10-5-3-9(4-6-10)11(12)13/h8-10H,3-7H2,1-2H3,(H,12,13). The molecule has 0 spiro atoms. The van der Waals surface area contributed by atoms with Crippen LogP contribution in [0.1, 0.15) is 39.5 Å². The van der Waals surface area contributed by atoms with E-state index in [0.717, 1.165) is 32.3 Å². The summed E-state index contributed by atoms with van der Waals surface area (Å²) in [5.41, 5.74) is 0. The monoisotopic (exact) mass is 200 g/mol. The summed E-state index contributed by atoms with van der Waals surface area (Å²) in [5, 5.41) is 8.80. The van der Waals surface area contributed by atoms with Crippen molar-refractivity contribution in [2.75, 3.05) is 6.61 Å². The smallest absolute Gasteiger partial charge is 0.306 e. The summed E-state index contributed by atoms with van der Waals surface area (Å²) in [5.74, 6) is -0.214. The number of rotatable bonds is 4. The van der Waals surface area contributed by atoms with Crippen LogP contribution in [0, 0.1) is 11.8 Å². The number of aliphatic carboxylic acids is 1. The third-order valence-electron chi connectivity index (χ3n) is 2.69. The lowest BCUT2D eigenvalue weighted by atomic mass is 9.87. The molecule has 0 amide bonds. The Labute approximate surface area is 85.5 Å². The third-order valence-corrected chi connectivity index (χ3v) is 2.69. The van der Waals surface area contributed by atoms with E-state index in [9.17, 15) is 4.79 Å². The van der Waals surface area contributed by atoms with E-state index in [1.165, 1.54) is 0 Å². The van der Waals surface area contributed by atoms with Crippen LogP contribution in [0.25, 0.3) is 0 Å². The van der Waals surface area contributed by atoms with Crippen molar-refractivity contribution in [3.63, 3.8) is 0 Å². The fraction of sp³-hybridized carbons (Fsp3) is 0.909. The Morgan fingerprint density at radius 3 is 2.36 bits per heavy atom. The van der Waals surface area contributed by atoms with Gasteiger partial charge >= 0.3 is 5.97 Å². The number of carboxylic acids is 1. The molecule has 1 N–H and O–H groups in total. The lowest BCUT2D eigenvalue weighted by molar-refractivity contribution is -0.143. The lowest BCUT2D eigenvalue weighted by Gasteiger charge is -2.26. The van der Waals surface area contributed by atoms with Gasteiger partial charge in [0, 0.05) is 6.61 Å². The average molecular weight is 200 g/mol. The summed E-state index contributed by atoms with van der Waals surface area (Å²) >= 11 is 0. The Morgan fingerprint density at radius 2 is 1.93 bits per heavy atom. The second kappa shape index (κ2) is 5.35. The average Bonchev–Trinajstić information content (AvgIpc) is 2.15. The molecule has 3 heteroatoms. The highest BCUT2D eigenvalue weighted by atomic mass is 16.5. The summed E-state index contributed by atoms with van der Waals surface area (Å²) in [6.07, 6.45) is 3.66. The zero-order chi connectivity index (χ0) is 10.6. The van der Waals surface area contributed by atoms with Crippen LogP contribution < -0.4 is 0 Å². The van der Waals surface area contributed by atoms with Gasteiger partial charge in [0.2, 0.25) is 0 Å². The van der Waals surface area contributed by atoms with E-state index >= 15 is 0 Å². The maximum Gasteiger partial charge on any atom is 0.306 e. The predicted molar refractivity (Wildman–Crippen MR) is 54.2 cm³/mol. The molecular formula is C11H20O3. The minimum Gasteiger partial charge on any atom is -0.481 e.